The van der Waals surface area contributed by atoms with Gasteiger partial charge < -0.3 is 10.4 Å². The maximum absolute atomic E-state index is 14.3. The summed E-state index contributed by atoms with van der Waals surface area (Å²) in [6.07, 6.45) is 0.965. The van der Waals surface area contributed by atoms with E-state index < -0.39 is 26.1 Å². The van der Waals surface area contributed by atoms with Crippen molar-refractivity contribution in [3.63, 3.8) is 0 Å². The highest BCUT2D eigenvalue weighted by molar-refractivity contribution is 7.94. The van der Waals surface area contributed by atoms with E-state index in [1.165, 1.54) is 25.2 Å². The Morgan fingerprint density at radius 1 is 1.29 bits per heavy atom. The number of aliphatic hydroxyl groups excluding tert-OH is 1. The fourth-order valence-corrected chi connectivity index (χ4v) is 4.92. The summed E-state index contributed by atoms with van der Waals surface area (Å²) >= 11 is 5.96. The number of halogens is 2. The normalized spacial score (nSPS) is 15.3. The smallest absolute Gasteiger partial charge is 0.270 e. The number of nitrogens with one attached hydrogen (secondary N) is 2. The van der Waals surface area contributed by atoms with Gasteiger partial charge in [0.25, 0.3) is 5.56 Å². The number of hydrogen-bond acceptors (Lipinski definition) is 5. The van der Waals surface area contributed by atoms with Crippen LogP contribution in [0.2, 0.25) is 5.02 Å². The van der Waals surface area contributed by atoms with Crippen LogP contribution in [-0.2, 0) is 17.1 Å². The van der Waals surface area contributed by atoms with E-state index in [-0.39, 0.29) is 35.2 Å². The van der Waals surface area contributed by atoms with Crippen LogP contribution in [0.4, 0.5) is 21.6 Å². The Morgan fingerprint density at radius 3 is 2.54 bits per heavy atom. The lowest BCUT2D eigenvalue weighted by atomic mass is 10.2. The van der Waals surface area contributed by atoms with Crippen molar-refractivity contribution in [1.82, 2.24) is 4.57 Å². The van der Waals surface area contributed by atoms with Crippen LogP contribution in [0.25, 0.3) is 0 Å². The van der Waals surface area contributed by atoms with Crippen LogP contribution < -0.4 is 15.6 Å². The highest BCUT2D eigenvalue weighted by Gasteiger charge is 2.54. The minimum absolute atomic E-state index is 0.0243. The Morgan fingerprint density at radius 2 is 1.96 bits per heavy atom. The number of pyridine rings is 1. The molecule has 0 radical (unpaired) electrons. The van der Waals surface area contributed by atoms with E-state index in [0.29, 0.717) is 18.4 Å². The van der Waals surface area contributed by atoms with Crippen LogP contribution in [-0.4, -0.2) is 29.4 Å². The number of benzene rings is 1. The second-order valence-corrected chi connectivity index (χ2v) is 9.47. The lowest BCUT2D eigenvalue weighted by Gasteiger charge is -2.21. The van der Waals surface area contributed by atoms with Gasteiger partial charge in [-0.05, 0) is 49.9 Å². The van der Waals surface area contributed by atoms with Crippen molar-refractivity contribution >= 4 is 38.8 Å². The molecule has 0 unspecified atom stereocenters. The summed E-state index contributed by atoms with van der Waals surface area (Å²) in [4.78, 5) is 12.2. The summed E-state index contributed by atoms with van der Waals surface area (Å²) in [5.74, 6) is -0.490. The molecule has 7 nitrogen and oxygen atoms in total. The van der Waals surface area contributed by atoms with Crippen molar-refractivity contribution in [2.24, 2.45) is 7.05 Å². The zero-order valence-corrected chi connectivity index (χ0v) is 17.0. The summed E-state index contributed by atoms with van der Waals surface area (Å²) in [5, 5.41) is 11.8. The molecule has 0 saturated heterocycles. The topological polar surface area (TPSA) is 100 Å². The lowest BCUT2D eigenvalue weighted by molar-refractivity contribution is 0.283. The molecular weight excluding hydrogens is 409 g/mol. The van der Waals surface area contributed by atoms with Crippen molar-refractivity contribution in [3.8, 4) is 0 Å². The van der Waals surface area contributed by atoms with Crippen molar-refractivity contribution in [2.45, 2.75) is 30.9 Å². The van der Waals surface area contributed by atoms with Crippen LogP contribution in [0.15, 0.2) is 29.1 Å². The second-order valence-electron chi connectivity index (χ2n) is 6.99. The highest BCUT2D eigenvalue weighted by Crippen LogP contribution is 2.47. The van der Waals surface area contributed by atoms with Crippen molar-refractivity contribution < 1.29 is 17.9 Å². The first-order chi connectivity index (χ1) is 13.1. The number of nitrogens with zero attached hydrogens (tertiary/aromatic N) is 1. The third-order valence-corrected chi connectivity index (χ3v) is 7.45. The lowest BCUT2D eigenvalue weighted by Crippen LogP contribution is -2.32. The molecule has 1 aliphatic rings. The van der Waals surface area contributed by atoms with Gasteiger partial charge in [-0.25, -0.2) is 12.8 Å². The molecule has 152 valence electrons. The summed E-state index contributed by atoms with van der Waals surface area (Å²) in [6.45, 7) is 1.48. The SMILES string of the molecule is Cc1ccc(Nc2c(NS(=O)(=O)C3(CCO)CC3)cc(Cl)c(=O)n2C)c(F)c1. The van der Waals surface area contributed by atoms with Gasteiger partial charge in [-0.2, -0.15) is 0 Å². The van der Waals surface area contributed by atoms with Gasteiger partial charge in [-0.3, -0.25) is 14.1 Å². The maximum atomic E-state index is 14.3. The van der Waals surface area contributed by atoms with E-state index in [4.69, 9.17) is 11.6 Å². The molecule has 1 aromatic carbocycles. The Balaban J connectivity index is 2.05. The molecule has 1 fully saturated rings. The zero-order chi connectivity index (χ0) is 20.7. The number of aryl methyl sites for hydroxylation is 1. The van der Waals surface area contributed by atoms with Gasteiger partial charge in [0.2, 0.25) is 10.0 Å². The fourth-order valence-electron chi connectivity index (χ4n) is 3.03. The van der Waals surface area contributed by atoms with Crippen LogP contribution in [0.3, 0.4) is 0 Å². The van der Waals surface area contributed by atoms with Crippen LogP contribution >= 0.6 is 11.6 Å². The Bertz CT molecular complexity index is 1080. The third-order valence-electron chi connectivity index (χ3n) is 4.94. The monoisotopic (exact) mass is 429 g/mol. The first-order valence-corrected chi connectivity index (χ1v) is 10.5. The standard InChI is InChI=1S/C18H21ClFN3O4S/c1-11-3-4-14(13(20)9-11)21-16-15(10-12(19)17(25)23(16)2)22-28(26,27)18(5-6-18)7-8-24/h3-4,9-10,21-22,24H,5-8H2,1-2H3. The number of anilines is 3. The van der Waals surface area contributed by atoms with Crippen LogP contribution in [0.1, 0.15) is 24.8 Å². The summed E-state index contributed by atoms with van der Waals surface area (Å²) in [5.41, 5.74) is 0.265. The maximum Gasteiger partial charge on any atom is 0.270 e. The molecule has 0 atom stereocenters. The Hall–Kier alpha value is -2.10. The average Bonchev–Trinajstić information content (AvgIpc) is 3.40. The molecule has 1 saturated carbocycles. The molecule has 3 rings (SSSR count). The van der Waals surface area contributed by atoms with Crippen LogP contribution in [0.5, 0.6) is 0 Å². The van der Waals surface area contributed by atoms with E-state index in [2.05, 4.69) is 10.0 Å². The number of hydrogen-bond donors (Lipinski definition) is 3. The first kappa shape index (κ1) is 20.6. The Labute approximate surface area is 167 Å². The summed E-state index contributed by atoms with van der Waals surface area (Å²) < 4.78 is 42.5. The highest BCUT2D eigenvalue weighted by atomic mass is 35.5. The molecule has 0 spiro atoms. The molecule has 0 aliphatic heterocycles. The van der Waals surface area contributed by atoms with Gasteiger partial charge in [-0.1, -0.05) is 17.7 Å². The minimum Gasteiger partial charge on any atom is -0.396 e. The Kier molecular flexibility index (Phi) is 5.44. The zero-order valence-electron chi connectivity index (χ0n) is 15.4. The van der Waals surface area contributed by atoms with Crippen LogP contribution in [0, 0.1) is 12.7 Å². The first-order valence-electron chi connectivity index (χ1n) is 8.66. The largest absolute Gasteiger partial charge is 0.396 e. The molecule has 1 aliphatic carbocycles. The van der Waals surface area contributed by atoms with E-state index in [1.807, 2.05) is 0 Å². The van der Waals surface area contributed by atoms with Crippen molar-refractivity contribution in [1.29, 1.82) is 0 Å². The molecular formula is C18H21ClFN3O4S. The molecule has 0 bridgehead atoms. The average molecular weight is 430 g/mol. The summed E-state index contributed by atoms with van der Waals surface area (Å²) in [7, 11) is -2.46. The van der Waals surface area contributed by atoms with Gasteiger partial charge in [0.05, 0.1) is 16.1 Å². The van der Waals surface area contributed by atoms with E-state index in [0.717, 1.165) is 4.57 Å². The molecule has 1 heterocycles. The van der Waals surface area contributed by atoms with Gasteiger partial charge in [0.15, 0.2) is 0 Å². The molecule has 28 heavy (non-hydrogen) atoms. The number of aromatic nitrogens is 1. The predicted molar refractivity (Wildman–Crippen MR) is 107 cm³/mol. The quantitative estimate of drug-likeness (QED) is 0.628. The van der Waals surface area contributed by atoms with Gasteiger partial charge in [-0.15, -0.1) is 0 Å². The van der Waals surface area contributed by atoms with Crippen molar-refractivity contribution in [2.75, 3.05) is 16.6 Å². The van der Waals surface area contributed by atoms with Gasteiger partial charge >= 0.3 is 0 Å². The molecule has 2 aromatic rings. The number of aliphatic hydroxyl groups is 1. The third kappa shape index (κ3) is 3.74. The molecule has 10 heteroatoms. The predicted octanol–water partition coefficient (Wildman–Crippen LogP) is 2.89. The minimum atomic E-state index is -3.86. The molecule has 0 amide bonds. The second kappa shape index (κ2) is 7.38. The van der Waals surface area contributed by atoms with Gasteiger partial charge in [0.1, 0.15) is 16.7 Å². The molecule has 1 aromatic heterocycles. The summed E-state index contributed by atoms with van der Waals surface area (Å²) in [6, 6.07) is 5.70. The number of rotatable bonds is 7. The van der Waals surface area contributed by atoms with E-state index in [9.17, 15) is 22.7 Å². The fraction of sp³-hybridized carbons (Fsp3) is 0.389. The van der Waals surface area contributed by atoms with E-state index in [1.54, 1.807) is 13.0 Å². The molecule has 3 N–H and O–H groups in total. The number of sulfonamides is 1. The van der Waals surface area contributed by atoms with Crippen molar-refractivity contribution in [3.05, 3.63) is 51.0 Å². The van der Waals surface area contributed by atoms with E-state index >= 15 is 0 Å². The van der Waals surface area contributed by atoms with Gasteiger partial charge in [0, 0.05) is 13.7 Å².